The van der Waals surface area contributed by atoms with Crippen molar-refractivity contribution in [1.82, 2.24) is 4.90 Å². The number of hydrogen-bond donors (Lipinski definition) is 0. The summed E-state index contributed by atoms with van der Waals surface area (Å²) in [6.07, 6.45) is 0. The van der Waals surface area contributed by atoms with Gasteiger partial charge in [0, 0.05) is 19.7 Å². The quantitative estimate of drug-likeness (QED) is 0.384. The molecule has 0 aliphatic rings. The summed E-state index contributed by atoms with van der Waals surface area (Å²) in [6.45, 7) is 1.60. The summed E-state index contributed by atoms with van der Waals surface area (Å²) in [7, 11) is 6.52. The molecule has 0 N–H and O–H groups in total. The lowest BCUT2D eigenvalue weighted by molar-refractivity contribution is -0.386. The average Bonchev–Trinajstić information content (AvgIpc) is 2.63. The van der Waals surface area contributed by atoms with Gasteiger partial charge in [-0.2, -0.15) is 0 Å². The number of methoxy groups -OCH3 is 4. The van der Waals surface area contributed by atoms with E-state index in [1.54, 1.807) is 6.92 Å². The molecule has 26 heavy (non-hydrogen) atoms. The lowest BCUT2D eigenvalue weighted by atomic mass is 10.1. The molecule has 0 saturated heterocycles. The highest BCUT2D eigenvalue weighted by Gasteiger charge is 2.34. The number of carbonyl (C=O) groups excluding carboxylic acids is 2. The van der Waals surface area contributed by atoms with Crippen LogP contribution in [-0.4, -0.2) is 63.7 Å². The minimum Gasteiger partial charge on any atom is -0.493 e. The summed E-state index contributed by atoms with van der Waals surface area (Å²) in [6, 6.07) is 1.21. The van der Waals surface area contributed by atoms with Gasteiger partial charge in [0.05, 0.1) is 39.3 Å². The third-order valence-electron chi connectivity index (χ3n) is 3.71. The summed E-state index contributed by atoms with van der Waals surface area (Å²) in [5.41, 5.74) is -0.795. The number of hydrogen-bond acceptors (Lipinski definition) is 8. The second-order valence-electron chi connectivity index (χ2n) is 5.41. The van der Waals surface area contributed by atoms with E-state index in [1.807, 2.05) is 0 Å². The fourth-order valence-electron chi connectivity index (χ4n) is 2.46. The Hall–Kier alpha value is -3.04. The van der Waals surface area contributed by atoms with Gasteiger partial charge in [0.25, 0.3) is 5.91 Å². The molecule has 1 aromatic carbocycles. The first-order chi connectivity index (χ1) is 12.2. The summed E-state index contributed by atoms with van der Waals surface area (Å²) < 4.78 is 20.0. The highest BCUT2D eigenvalue weighted by atomic mass is 16.6. The highest BCUT2D eigenvalue weighted by Crippen LogP contribution is 2.46. The van der Waals surface area contributed by atoms with Gasteiger partial charge in [-0.3, -0.25) is 19.7 Å². The van der Waals surface area contributed by atoms with E-state index in [0.29, 0.717) is 0 Å². The maximum atomic E-state index is 12.8. The zero-order valence-corrected chi connectivity index (χ0v) is 15.5. The molecule has 1 rings (SSSR count). The van der Waals surface area contributed by atoms with Crippen LogP contribution in [0.25, 0.3) is 0 Å². The molecule has 0 aliphatic heterocycles. The fourth-order valence-corrected chi connectivity index (χ4v) is 2.46. The Kier molecular flexibility index (Phi) is 7.17. The van der Waals surface area contributed by atoms with Crippen molar-refractivity contribution in [3.05, 3.63) is 21.7 Å². The largest absolute Gasteiger partial charge is 0.493 e. The first kappa shape index (κ1) is 21.0. The van der Waals surface area contributed by atoms with Crippen molar-refractivity contribution in [1.29, 1.82) is 0 Å². The molecule has 1 atom stereocenters. The van der Waals surface area contributed by atoms with Gasteiger partial charge in [0.1, 0.15) is 5.56 Å². The molecule has 0 radical (unpaired) electrons. The topological polar surface area (TPSA) is 117 Å². The SMILES string of the molecule is COC(=O)[C@@H](C)CN(C)C(=O)c1cc(OC)c(OC)c(OC)c1[N+](=O)[O-]. The standard InChI is InChI=1S/C16H22N2O8/c1-9(16(20)26-6)8-17(2)15(19)10-7-11(23-3)13(24-4)14(25-5)12(10)18(21)22/h7,9H,8H2,1-6H3/t9-/m0/s1. The zero-order valence-electron chi connectivity index (χ0n) is 15.5. The number of carbonyl (C=O) groups is 2. The summed E-state index contributed by atoms with van der Waals surface area (Å²) in [4.78, 5) is 36.3. The van der Waals surface area contributed by atoms with Crippen molar-refractivity contribution in [2.75, 3.05) is 42.0 Å². The van der Waals surface area contributed by atoms with Gasteiger partial charge in [0.15, 0.2) is 5.75 Å². The number of esters is 1. The van der Waals surface area contributed by atoms with E-state index >= 15 is 0 Å². The van der Waals surface area contributed by atoms with Gasteiger partial charge in [-0.1, -0.05) is 6.92 Å². The van der Waals surface area contributed by atoms with E-state index in [-0.39, 0.29) is 29.4 Å². The van der Waals surface area contributed by atoms with Crippen LogP contribution in [0.5, 0.6) is 17.2 Å². The fraction of sp³-hybridized carbons (Fsp3) is 0.500. The van der Waals surface area contributed by atoms with Gasteiger partial charge in [-0.05, 0) is 0 Å². The summed E-state index contributed by atoms with van der Waals surface area (Å²) in [5, 5.41) is 11.6. The maximum absolute atomic E-state index is 12.8. The average molecular weight is 370 g/mol. The van der Waals surface area contributed by atoms with Crippen LogP contribution in [0.3, 0.4) is 0 Å². The third-order valence-corrected chi connectivity index (χ3v) is 3.71. The molecule has 0 saturated carbocycles. The van der Waals surface area contributed by atoms with Gasteiger partial charge >= 0.3 is 11.7 Å². The van der Waals surface area contributed by atoms with Crippen LogP contribution in [0.15, 0.2) is 6.07 Å². The monoisotopic (exact) mass is 370 g/mol. The Balaban J connectivity index is 3.43. The second kappa shape index (κ2) is 8.88. The van der Waals surface area contributed by atoms with Crippen molar-refractivity contribution in [3.8, 4) is 17.2 Å². The number of nitrogens with zero attached hydrogens (tertiary/aromatic N) is 2. The Morgan fingerprint density at radius 2 is 1.73 bits per heavy atom. The minimum atomic E-state index is -0.731. The van der Waals surface area contributed by atoms with E-state index in [0.717, 1.165) is 0 Å². The molecule has 0 aromatic heterocycles. The Morgan fingerprint density at radius 1 is 1.15 bits per heavy atom. The number of nitro groups is 1. The molecule has 144 valence electrons. The molecule has 10 heteroatoms. The summed E-state index contributed by atoms with van der Waals surface area (Å²) >= 11 is 0. The molecule has 0 unspecified atom stereocenters. The molecular formula is C16H22N2O8. The van der Waals surface area contributed by atoms with Gasteiger partial charge in [-0.15, -0.1) is 0 Å². The van der Waals surface area contributed by atoms with Crippen LogP contribution in [-0.2, 0) is 9.53 Å². The molecule has 0 fully saturated rings. The maximum Gasteiger partial charge on any atom is 0.327 e. The molecule has 1 amide bonds. The number of rotatable bonds is 8. The molecule has 1 aromatic rings. The van der Waals surface area contributed by atoms with Gasteiger partial charge in [-0.25, -0.2) is 0 Å². The Bertz CT molecular complexity index is 704. The van der Waals surface area contributed by atoms with Crippen LogP contribution in [0.1, 0.15) is 17.3 Å². The van der Waals surface area contributed by atoms with E-state index in [4.69, 9.17) is 14.2 Å². The first-order valence-electron chi connectivity index (χ1n) is 7.54. The molecule has 0 aliphatic carbocycles. The first-order valence-corrected chi connectivity index (χ1v) is 7.54. The molecule has 0 heterocycles. The van der Waals surface area contributed by atoms with Crippen molar-refractivity contribution in [3.63, 3.8) is 0 Å². The Morgan fingerprint density at radius 3 is 2.15 bits per heavy atom. The Labute approximate surface area is 150 Å². The number of ether oxygens (including phenoxy) is 4. The lowest BCUT2D eigenvalue weighted by Gasteiger charge is -2.21. The van der Waals surface area contributed by atoms with Crippen LogP contribution < -0.4 is 14.2 Å². The molecule has 0 spiro atoms. The van der Waals surface area contributed by atoms with E-state index < -0.39 is 28.4 Å². The predicted molar refractivity (Wildman–Crippen MR) is 90.9 cm³/mol. The van der Waals surface area contributed by atoms with Crippen molar-refractivity contribution < 1.29 is 33.5 Å². The van der Waals surface area contributed by atoms with Crippen molar-refractivity contribution >= 4 is 17.6 Å². The van der Waals surface area contributed by atoms with Crippen molar-refractivity contribution in [2.45, 2.75) is 6.92 Å². The highest BCUT2D eigenvalue weighted by molar-refractivity contribution is 6.00. The van der Waals surface area contributed by atoms with Gasteiger partial charge in [0.2, 0.25) is 11.5 Å². The van der Waals surface area contributed by atoms with E-state index in [9.17, 15) is 19.7 Å². The summed E-state index contributed by atoms with van der Waals surface area (Å²) in [5.74, 6) is -1.89. The normalized spacial score (nSPS) is 11.3. The molecule has 10 nitrogen and oxygen atoms in total. The van der Waals surface area contributed by atoms with Crippen molar-refractivity contribution in [2.24, 2.45) is 5.92 Å². The van der Waals surface area contributed by atoms with E-state index in [2.05, 4.69) is 4.74 Å². The van der Waals surface area contributed by atoms with Crippen LogP contribution in [0, 0.1) is 16.0 Å². The smallest absolute Gasteiger partial charge is 0.327 e. The van der Waals surface area contributed by atoms with Crippen LogP contribution >= 0.6 is 0 Å². The van der Waals surface area contributed by atoms with Gasteiger partial charge < -0.3 is 23.8 Å². The lowest BCUT2D eigenvalue weighted by Crippen LogP contribution is -2.34. The van der Waals surface area contributed by atoms with Crippen LogP contribution in [0.4, 0.5) is 5.69 Å². The molecule has 0 bridgehead atoms. The van der Waals surface area contributed by atoms with Crippen LogP contribution in [0.2, 0.25) is 0 Å². The number of nitro benzene ring substituents is 1. The predicted octanol–water partition coefficient (Wildman–Crippen LogP) is 1.50. The zero-order chi connectivity index (χ0) is 20.0. The third kappa shape index (κ3) is 4.13. The molecular weight excluding hydrogens is 348 g/mol. The number of amides is 1. The minimum absolute atomic E-state index is 0.00355. The number of benzene rings is 1. The van der Waals surface area contributed by atoms with E-state index in [1.165, 1.54) is 46.5 Å². The second-order valence-corrected chi connectivity index (χ2v) is 5.41.